The average Bonchev–Trinajstić information content (AvgIpc) is 3.01. The molecule has 2 aromatic rings. The summed E-state index contributed by atoms with van der Waals surface area (Å²) in [6.07, 6.45) is 2.61. The Bertz CT molecular complexity index is 876. The summed E-state index contributed by atoms with van der Waals surface area (Å²) in [5, 5.41) is 0. The molecule has 9 heteroatoms. The van der Waals surface area contributed by atoms with Gasteiger partial charge in [0, 0.05) is 12.6 Å². The van der Waals surface area contributed by atoms with Gasteiger partial charge in [0.15, 0.2) is 0 Å². The van der Waals surface area contributed by atoms with Gasteiger partial charge in [-0.05, 0) is 30.3 Å². The van der Waals surface area contributed by atoms with Gasteiger partial charge in [0.1, 0.15) is 23.7 Å². The minimum atomic E-state index is -4.08. The van der Waals surface area contributed by atoms with E-state index in [1.807, 2.05) is 0 Å². The highest BCUT2D eigenvalue weighted by Crippen LogP contribution is 2.28. The zero-order chi connectivity index (χ0) is 18.0. The van der Waals surface area contributed by atoms with Gasteiger partial charge in [-0.1, -0.05) is 6.07 Å². The standard InChI is InChI=1S/C16H16FN3O4S/c17-11-3-1-5-14(7-11)25(22,23)20-10-13(8-15(20)16(18)21)24-12-4-2-6-19-9-12/h1-7,9,13,15H,8,10H2,(H2,18,21)/t13-,15-/m0/s1. The summed E-state index contributed by atoms with van der Waals surface area (Å²) < 4.78 is 45.6. The quantitative estimate of drug-likeness (QED) is 0.849. The molecular formula is C16H16FN3O4S. The molecule has 1 fully saturated rings. The normalized spacial score (nSPS) is 21.2. The molecule has 0 radical (unpaired) electrons. The molecule has 132 valence electrons. The van der Waals surface area contributed by atoms with Crippen molar-refractivity contribution in [3.8, 4) is 5.75 Å². The summed E-state index contributed by atoms with van der Waals surface area (Å²) in [6.45, 7) is -0.0681. The largest absolute Gasteiger partial charge is 0.487 e. The SMILES string of the molecule is NC(=O)[C@@H]1C[C@H](Oc2cccnc2)CN1S(=O)(=O)c1cccc(F)c1. The number of pyridine rings is 1. The number of amides is 1. The van der Waals surface area contributed by atoms with Crippen molar-refractivity contribution in [2.24, 2.45) is 5.73 Å². The molecule has 2 heterocycles. The van der Waals surface area contributed by atoms with Gasteiger partial charge in [-0.3, -0.25) is 9.78 Å². The molecule has 25 heavy (non-hydrogen) atoms. The Balaban J connectivity index is 1.87. The highest BCUT2D eigenvalue weighted by atomic mass is 32.2. The van der Waals surface area contributed by atoms with Gasteiger partial charge >= 0.3 is 0 Å². The van der Waals surface area contributed by atoms with Crippen LogP contribution in [0.1, 0.15) is 6.42 Å². The summed E-state index contributed by atoms with van der Waals surface area (Å²) in [5.41, 5.74) is 5.36. The number of carbonyl (C=O) groups is 1. The van der Waals surface area contributed by atoms with Gasteiger partial charge in [-0.25, -0.2) is 12.8 Å². The molecule has 1 amide bonds. The fourth-order valence-corrected chi connectivity index (χ4v) is 4.42. The van der Waals surface area contributed by atoms with E-state index >= 15 is 0 Å². The third-order valence-corrected chi connectivity index (χ3v) is 5.76. The van der Waals surface area contributed by atoms with Gasteiger partial charge in [-0.2, -0.15) is 4.31 Å². The number of nitrogens with two attached hydrogens (primary N) is 1. The summed E-state index contributed by atoms with van der Waals surface area (Å²) in [7, 11) is -4.08. The van der Waals surface area contributed by atoms with Gasteiger partial charge in [0.25, 0.3) is 0 Å². The number of rotatable bonds is 5. The Hall–Kier alpha value is -2.52. The van der Waals surface area contributed by atoms with Gasteiger partial charge < -0.3 is 10.5 Å². The van der Waals surface area contributed by atoms with E-state index < -0.39 is 33.9 Å². The molecule has 7 nitrogen and oxygen atoms in total. The second kappa shape index (κ2) is 6.77. The van der Waals surface area contributed by atoms with Gasteiger partial charge in [0.05, 0.1) is 17.6 Å². The number of nitrogens with zero attached hydrogens (tertiary/aromatic N) is 2. The Morgan fingerprint density at radius 1 is 1.32 bits per heavy atom. The molecule has 0 bridgehead atoms. The molecule has 0 aliphatic carbocycles. The van der Waals surface area contributed by atoms with E-state index in [1.54, 1.807) is 18.3 Å². The number of sulfonamides is 1. The number of primary amides is 1. The van der Waals surface area contributed by atoms with Crippen molar-refractivity contribution in [3.05, 3.63) is 54.6 Å². The van der Waals surface area contributed by atoms with E-state index in [-0.39, 0.29) is 17.9 Å². The van der Waals surface area contributed by atoms with Crippen molar-refractivity contribution in [1.29, 1.82) is 0 Å². The Morgan fingerprint density at radius 3 is 2.76 bits per heavy atom. The van der Waals surface area contributed by atoms with Crippen LogP contribution in [0.3, 0.4) is 0 Å². The number of ether oxygens (including phenoxy) is 1. The van der Waals surface area contributed by atoms with Crippen LogP contribution in [0.25, 0.3) is 0 Å². The Morgan fingerprint density at radius 2 is 2.12 bits per heavy atom. The fourth-order valence-electron chi connectivity index (χ4n) is 2.75. The number of halogens is 1. The van der Waals surface area contributed by atoms with Gasteiger partial charge in [-0.15, -0.1) is 0 Å². The van der Waals surface area contributed by atoms with E-state index in [4.69, 9.17) is 10.5 Å². The minimum Gasteiger partial charge on any atom is -0.487 e. The highest BCUT2D eigenvalue weighted by molar-refractivity contribution is 7.89. The smallest absolute Gasteiger partial charge is 0.244 e. The molecule has 0 saturated carbocycles. The van der Waals surface area contributed by atoms with Crippen LogP contribution in [0, 0.1) is 5.82 Å². The van der Waals surface area contributed by atoms with Gasteiger partial charge in [0.2, 0.25) is 15.9 Å². The maximum Gasteiger partial charge on any atom is 0.244 e. The molecule has 1 aliphatic rings. The molecule has 3 rings (SSSR count). The average molecular weight is 365 g/mol. The fraction of sp³-hybridized carbons (Fsp3) is 0.250. The third-order valence-electron chi connectivity index (χ3n) is 3.89. The first-order valence-electron chi connectivity index (χ1n) is 7.51. The monoisotopic (exact) mass is 365 g/mol. The van der Waals surface area contributed by atoms with E-state index in [0.29, 0.717) is 5.75 Å². The van der Waals surface area contributed by atoms with Crippen LogP contribution in [0.5, 0.6) is 5.75 Å². The van der Waals surface area contributed by atoms with Crippen LogP contribution in [0.4, 0.5) is 4.39 Å². The number of aromatic nitrogens is 1. The molecule has 1 aliphatic heterocycles. The van der Waals surface area contributed by atoms with Crippen molar-refractivity contribution in [1.82, 2.24) is 9.29 Å². The van der Waals surface area contributed by atoms with E-state index in [2.05, 4.69) is 4.98 Å². The van der Waals surface area contributed by atoms with Crippen LogP contribution < -0.4 is 10.5 Å². The second-order valence-corrected chi connectivity index (χ2v) is 7.51. The van der Waals surface area contributed by atoms with Crippen molar-refractivity contribution in [2.75, 3.05) is 6.54 Å². The number of hydrogen-bond acceptors (Lipinski definition) is 5. The van der Waals surface area contributed by atoms with E-state index in [9.17, 15) is 17.6 Å². The molecular weight excluding hydrogens is 349 g/mol. The lowest BCUT2D eigenvalue weighted by Crippen LogP contribution is -2.43. The molecule has 0 spiro atoms. The first kappa shape index (κ1) is 17.3. The Labute approximate surface area is 144 Å². The molecule has 1 aromatic carbocycles. The highest BCUT2D eigenvalue weighted by Gasteiger charge is 2.44. The van der Waals surface area contributed by atoms with Crippen molar-refractivity contribution >= 4 is 15.9 Å². The van der Waals surface area contributed by atoms with Crippen molar-refractivity contribution < 1.29 is 22.3 Å². The first-order valence-corrected chi connectivity index (χ1v) is 8.95. The molecule has 1 aromatic heterocycles. The zero-order valence-corrected chi connectivity index (χ0v) is 13.9. The minimum absolute atomic E-state index is 0.0681. The summed E-state index contributed by atoms with van der Waals surface area (Å²) in [4.78, 5) is 15.4. The third kappa shape index (κ3) is 3.62. The number of hydrogen-bond donors (Lipinski definition) is 1. The Kier molecular flexibility index (Phi) is 4.69. The lowest BCUT2D eigenvalue weighted by atomic mass is 10.2. The van der Waals surface area contributed by atoms with Crippen LogP contribution in [-0.2, 0) is 14.8 Å². The van der Waals surface area contributed by atoms with E-state index in [0.717, 1.165) is 16.4 Å². The lowest BCUT2D eigenvalue weighted by Gasteiger charge is -2.21. The van der Waals surface area contributed by atoms with Crippen molar-refractivity contribution in [2.45, 2.75) is 23.5 Å². The molecule has 2 atom stereocenters. The summed E-state index contributed by atoms with van der Waals surface area (Å²) in [5.74, 6) is -1.00. The predicted octanol–water partition coefficient (Wildman–Crippen LogP) is 0.917. The maximum absolute atomic E-state index is 13.4. The zero-order valence-electron chi connectivity index (χ0n) is 13.1. The summed E-state index contributed by atoms with van der Waals surface area (Å²) in [6, 6.07) is 6.90. The van der Waals surface area contributed by atoms with Crippen LogP contribution >= 0.6 is 0 Å². The molecule has 2 N–H and O–H groups in total. The van der Waals surface area contributed by atoms with Crippen LogP contribution in [0.2, 0.25) is 0 Å². The van der Waals surface area contributed by atoms with Crippen LogP contribution in [0.15, 0.2) is 53.7 Å². The predicted molar refractivity (Wildman–Crippen MR) is 86.5 cm³/mol. The maximum atomic E-state index is 13.4. The van der Waals surface area contributed by atoms with E-state index in [1.165, 1.54) is 18.3 Å². The summed E-state index contributed by atoms with van der Waals surface area (Å²) >= 11 is 0. The van der Waals surface area contributed by atoms with Crippen LogP contribution in [-0.4, -0.2) is 42.3 Å². The second-order valence-electron chi connectivity index (χ2n) is 5.61. The molecule has 0 unspecified atom stereocenters. The van der Waals surface area contributed by atoms with Crippen molar-refractivity contribution in [3.63, 3.8) is 0 Å². The number of carbonyl (C=O) groups excluding carboxylic acids is 1. The first-order chi connectivity index (χ1) is 11.9. The topological polar surface area (TPSA) is 103 Å². The number of benzene rings is 1. The molecule has 1 saturated heterocycles. The lowest BCUT2D eigenvalue weighted by molar-refractivity contribution is -0.121.